The molecule has 0 aliphatic carbocycles. The third-order valence-corrected chi connectivity index (χ3v) is 3.26. The predicted molar refractivity (Wildman–Crippen MR) is 90.8 cm³/mol. The number of nitrogens with zero attached hydrogens (tertiary/aromatic N) is 1. The number of imidazole rings is 1. The predicted octanol–water partition coefficient (Wildman–Crippen LogP) is 0.643. The van der Waals surface area contributed by atoms with Gasteiger partial charge >= 0.3 is 23.9 Å². The van der Waals surface area contributed by atoms with Crippen molar-refractivity contribution in [3.8, 4) is 0 Å². The summed E-state index contributed by atoms with van der Waals surface area (Å²) < 4.78 is 20.4. The number of hydrogen-bond donors (Lipinski definition) is 1. The normalized spacial score (nSPS) is 13.6. The molecule has 0 saturated heterocycles. The Hall–Kier alpha value is -3.24. The second-order valence-electron chi connectivity index (χ2n) is 5.80. The van der Waals surface area contributed by atoms with E-state index in [-0.39, 0.29) is 17.3 Å². The summed E-state index contributed by atoms with van der Waals surface area (Å²) in [5.41, 5.74) is 0.117. The lowest BCUT2D eigenvalue weighted by molar-refractivity contribution is -0.190. The first-order valence-electron chi connectivity index (χ1n) is 8.22. The number of ether oxygens (including phenoxy) is 4. The number of Topliss-reactive ketones (excluding diaryl/α,β-unsaturated/α-hetero) is 1. The number of carbonyl (C=O) groups is 5. The van der Waals surface area contributed by atoms with E-state index in [0.29, 0.717) is 0 Å². The van der Waals surface area contributed by atoms with Gasteiger partial charge in [-0.15, -0.1) is 0 Å². The zero-order valence-corrected chi connectivity index (χ0v) is 16.1. The second-order valence-corrected chi connectivity index (χ2v) is 5.80. The van der Waals surface area contributed by atoms with Gasteiger partial charge in [-0.25, -0.2) is 4.98 Å². The maximum Gasteiger partial charge on any atom is 0.303 e. The first-order chi connectivity index (χ1) is 13.0. The van der Waals surface area contributed by atoms with Gasteiger partial charge < -0.3 is 23.9 Å². The molecule has 0 aromatic carbocycles. The molecule has 0 spiro atoms. The molecule has 11 heteroatoms. The van der Waals surface area contributed by atoms with Crippen molar-refractivity contribution < 1.29 is 42.9 Å². The fraction of sp³-hybridized carbons (Fsp3) is 0.529. The van der Waals surface area contributed by atoms with Crippen molar-refractivity contribution in [2.24, 2.45) is 0 Å². The van der Waals surface area contributed by atoms with E-state index >= 15 is 0 Å². The molecule has 154 valence electrons. The highest BCUT2D eigenvalue weighted by atomic mass is 16.6. The number of ketones is 1. The van der Waals surface area contributed by atoms with Crippen molar-refractivity contribution in [2.75, 3.05) is 6.61 Å². The van der Waals surface area contributed by atoms with Crippen LogP contribution in [0, 0.1) is 0 Å². The lowest BCUT2D eigenvalue weighted by Gasteiger charge is -2.31. The molecule has 11 nitrogen and oxygen atoms in total. The maximum atomic E-state index is 11.6. The molecule has 0 amide bonds. The van der Waals surface area contributed by atoms with Gasteiger partial charge in [0, 0.05) is 34.6 Å². The molecule has 0 radical (unpaired) electrons. The monoisotopic (exact) mass is 398 g/mol. The maximum absolute atomic E-state index is 11.6. The molecule has 1 heterocycles. The minimum atomic E-state index is -1.38. The summed E-state index contributed by atoms with van der Waals surface area (Å²) >= 11 is 0. The van der Waals surface area contributed by atoms with Crippen molar-refractivity contribution in [2.45, 2.75) is 52.9 Å². The van der Waals surface area contributed by atoms with E-state index in [1.165, 1.54) is 13.1 Å². The minimum Gasteiger partial charge on any atom is -0.462 e. The van der Waals surface area contributed by atoms with Crippen LogP contribution in [0.25, 0.3) is 0 Å². The van der Waals surface area contributed by atoms with Gasteiger partial charge in [-0.2, -0.15) is 0 Å². The SMILES string of the molecule is CC(=O)OC[C@@H](OC(C)=O)[C@H](OC(C)=O)[C@@H](OC(C)=O)c1cnc(C(C)=O)[nH]1. The number of carbonyl (C=O) groups excluding carboxylic acids is 5. The summed E-state index contributed by atoms with van der Waals surface area (Å²) in [5.74, 6) is -3.32. The summed E-state index contributed by atoms with van der Waals surface area (Å²) in [6, 6.07) is 0. The minimum absolute atomic E-state index is 0.0160. The molecule has 28 heavy (non-hydrogen) atoms. The Kier molecular flexibility index (Phi) is 8.29. The molecule has 0 saturated carbocycles. The first kappa shape index (κ1) is 22.8. The Balaban J connectivity index is 3.36. The number of rotatable bonds is 9. The summed E-state index contributed by atoms with van der Waals surface area (Å²) in [6.45, 7) is 5.28. The first-order valence-corrected chi connectivity index (χ1v) is 8.22. The Morgan fingerprint density at radius 1 is 0.893 bits per heavy atom. The molecule has 0 aliphatic rings. The molecule has 3 atom stereocenters. The number of hydrogen-bond acceptors (Lipinski definition) is 10. The van der Waals surface area contributed by atoms with Crippen LogP contribution in [0.3, 0.4) is 0 Å². The lowest BCUT2D eigenvalue weighted by Crippen LogP contribution is -2.43. The molecular weight excluding hydrogens is 376 g/mol. The molecule has 1 aromatic rings. The zero-order valence-electron chi connectivity index (χ0n) is 16.1. The largest absolute Gasteiger partial charge is 0.462 e. The van der Waals surface area contributed by atoms with E-state index in [1.807, 2.05) is 0 Å². The van der Waals surface area contributed by atoms with Crippen LogP contribution in [-0.2, 0) is 38.1 Å². The smallest absolute Gasteiger partial charge is 0.303 e. The Bertz CT molecular complexity index is 756. The Morgan fingerprint density at radius 2 is 1.46 bits per heavy atom. The number of aromatic nitrogens is 2. The van der Waals surface area contributed by atoms with Crippen LogP contribution < -0.4 is 0 Å². The van der Waals surface area contributed by atoms with Gasteiger partial charge in [-0.3, -0.25) is 24.0 Å². The van der Waals surface area contributed by atoms with Gasteiger partial charge in [0.15, 0.2) is 29.9 Å². The van der Waals surface area contributed by atoms with E-state index in [9.17, 15) is 24.0 Å². The van der Waals surface area contributed by atoms with E-state index in [2.05, 4.69) is 9.97 Å². The molecule has 0 unspecified atom stereocenters. The van der Waals surface area contributed by atoms with Gasteiger partial charge in [0.2, 0.25) is 0 Å². The summed E-state index contributed by atoms with van der Waals surface area (Å²) in [6.07, 6.45) is -2.78. The Morgan fingerprint density at radius 3 is 1.89 bits per heavy atom. The summed E-state index contributed by atoms with van der Waals surface area (Å²) in [5, 5.41) is 0. The van der Waals surface area contributed by atoms with Crippen molar-refractivity contribution in [1.82, 2.24) is 9.97 Å². The van der Waals surface area contributed by atoms with Crippen molar-refractivity contribution in [3.05, 3.63) is 17.7 Å². The molecule has 1 rings (SSSR count). The van der Waals surface area contributed by atoms with Crippen LogP contribution in [-0.4, -0.2) is 58.4 Å². The third-order valence-electron chi connectivity index (χ3n) is 3.26. The molecule has 0 aliphatic heterocycles. The average Bonchev–Trinajstić information content (AvgIpc) is 3.04. The highest BCUT2D eigenvalue weighted by Gasteiger charge is 2.40. The van der Waals surface area contributed by atoms with Crippen LogP contribution in [0.5, 0.6) is 0 Å². The zero-order chi connectivity index (χ0) is 21.4. The summed E-state index contributed by atoms with van der Waals surface area (Å²) in [7, 11) is 0. The quantitative estimate of drug-likeness (QED) is 0.356. The molecule has 1 N–H and O–H groups in total. The van der Waals surface area contributed by atoms with Crippen LogP contribution >= 0.6 is 0 Å². The summed E-state index contributed by atoms with van der Waals surface area (Å²) in [4.78, 5) is 63.9. The number of esters is 4. The molecule has 0 bridgehead atoms. The highest BCUT2D eigenvalue weighted by molar-refractivity contribution is 5.90. The van der Waals surface area contributed by atoms with E-state index < -0.39 is 48.8 Å². The molecular formula is C17H22N2O9. The third kappa shape index (κ3) is 7.17. The molecule has 1 aromatic heterocycles. The van der Waals surface area contributed by atoms with Crippen molar-refractivity contribution >= 4 is 29.7 Å². The van der Waals surface area contributed by atoms with Crippen LogP contribution in [0.4, 0.5) is 0 Å². The van der Waals surface area contributed by atoms with Crippen LogP contribution in [0.2, 0.25) is 0 Å². The number of nitrogens with one attached hydrogen (secondary N) is 1. The van der Waals surface area contributed by atoms with Crippen LogP contribution in [0.1, 0.15) is 57.0 Å². The Labute approximate surface area is 160 Å². The second kappa shape index (κ2) is 10.2. The van der Waals surface area contributed by atoms with Gasteiger partial charge in [0.05, 0.1) is 11.9 Å². The van der Waals surface area contributed by atoms with Crippen LogP contribution in [0.15, 0.2) is 6.20 Å². The topological polar surface area (TPSA) is 151 Å². The van der Waals surface area contributed by atoms with E-state index in [1.54, 1.807) is 0 Å². The van der Waals surface area contributed by atoms with Gasteiger partial charge in [0.25, 0.3) is 0 Å². The fourth-order valence-corrected chi connectivity index (χ4v) is 2.28. The highest BCUT2D eigenvalue weighted by Crippen LogP contribution is 2.27. The standard InChI is InChI=1S/C17H22N2O9/c1-8(20)17-18-6-13(19-17)15(27-11(4)23)16(28-12(5)24)14(26-10(3)22)7-25-9(2)21/h6,14-16H,7H2,1-5H3,(H,18,19)/t14-,15+,16+/m1/s1. The number of H-pyrrole nitrogens is 1. The fourth-order valence-electron chi connectivity index (χ4n) is 2.28. The van der Waals surface area contributed by atoms with Gasteiger partial charge in [-0.1, -0.05) is 0 Å². The number of aromatic amines is 1. The van der Waals surface area contributed by atoms with Crippen molar-refractivity contribution in [1.29, 1.82) is 0 Å². The van der Waals surface area contributed by atoms with Gasteiger partial charge in [-0.05, 0) is 0 Å². The average molecular weight is 398 g/mol. The molecule has 0 fully saturated rings. The van der Waals surface area contributed by atoms with E-state index in [4.69, 9.17) is 18.9 Å². The van der Waals surface area contributed by atoms with E-state index in [0.717, 1.165) is 27.7 Å². The lowest BCUT2D eigenvalue weighted by atomic mass is 10.1. The van der Waals surface area contributed by atoms with Crippen molar-refractivity contribution in [3.63, 3.8) is 0 Å². The van der Waals surface area contributed by atoms with Gasteiger partial charge in [0.1, 0.15) is 6.61 Å².